The third-order valence-electron chi connectivity index (χ3n) is 9.88. The Hall–Kier alpha value is -6.25. The third-order valence-corrected chi connectivity index (χ3v) is 9.88. The lowest BCUT2D eigenvalue weighted by Crippen LogP contribution is -2.14. The van der Waals surface area contributed by atoms with Crippen LogP contribution in [0, 0.1) is 0 Å². The second kappa shape index (κ2) is 10.9. The normalized spacial score (nSPS) is 16.5. The number of benzene rings is 8. The quantitative estimate of drug-likeness (QED) is 0.173. The lowest BCUT2D eigenvalue weighted by atomic mass is 9.80. The van der Waals surface area contributed by atoms with Gasteiger partial charge in [-0.15, -0.1) is 0 Å². The van der Waals surface area contributed by atoms with Crippen LogP contribution in [0.4, 0.5) is 0 Å². The minimum absolute atomic E-state index is 0.00560. The average Bonchev–Trinajstić information content (AvgIpc) is 3.77. The van der Waals surface area contributed by atoms with Crippen LogP contribution in [0.3, 0.4) is 0 Å². The van der Waals surface area contributed by atoms with Crippen molar-refractivity contribution < 1.29 is 16.4 Å². The Morgan fingerprint density at radius 1 is 0.520 bits per heavy atom. The molecule has 1 aromatic heterocycles. The zero-order chi connectivity index (χ0) is 43.8. The highest BCUT2D eigenvalue weighted by Gasteiger charge is 2.35. The Bertz CT molecular complexity index is 3380. The predicted molar refractivity (Wildman–Crippen MR) is 210 cm³/mol. The molecule has 0 aliphatic heterocycles. The number of hydrogen-bond donors (Lipinski definition) is 0. The molecule has 236 valence electrons. The molecule has 9 aromatic rings. The van der Waals surface area contributed by atoms with Crippen molar-refractivity contribution in [3.05, 3.63) is 181 Å². The van der Waals surface area contributed by atoms with E-state index >= 15 is 0 Å². The predicted octanol–water partition coefficient (Wildman–Crippen LogP) is 12.6. The average molecular weight is 651 g/mol. The maximum atomic E-state index is 9.86. The van der Waals surface area contributed by atoms with Crippen LogP contribution in [-0.4, -0.2) is 9.55 Å². The highest BCUT2D eigenvalue weighted by atomic mass is 15.1. The van der Waals surface area contributed by atoms with Crippen LogP contribution < -0.4 is 0 Å². The van der Waals surface area contributed by atoms with E-state index in [4.69, 9.17) is 17.3 Å². The minimum atomic E-state index is -1.08. The third kappa shape index (κ3) is 4.18. The largest absolute Gasteiger partial charge is 0.292 e. The molecule has 0 fully saturated rings. The summed E-state index contributed by atoms with van der Waals surface area (Å²) in [7, 11) is 0. The fourth-order valence-corrected chi connectivity index (χ4v) is 7.58. The van der Waals surface area contributed by atoms with Crippen LogP contribution in [0.25, 0.3) is 83.0 Å². The molecule has 1 aliphatic rings. The van der Waals surface area contributed by atoms with Gasteiger partial charge in [-0.25, -0.2) is 4.98 Å². The van der Waals surface area contributed by atoms with Crippen molar-refractivity contribution in [2.45, 2.75) is 19.3 Å². The van der Waals surface area contributed by atoms with Gasteiger partial charge in [0.25, 0.3) is 0 Å². The summed E-state index contributed by atoms with van der Waals surface area (Å²) in [6.45, 7) is 3.62. The molecule has 0 bridgehead atoms. The number of aromatic nitrogens is 2. The summed E-state index contributed by atoms with van der Waals surface area (Å²) in [6, 6.07) is 26.8. The van der Waals surface area contributed by atoms with E-state index in [1.807, 2.05) is 111 Å². The molecule has 1 heterocycles. The molecular formula is C48H34N2. The van der Waals surface area contributed by atoms with Gasteiger partial charge >= 0.3 is 0 Å². The van der Waals surface area contributed by atoms with E-state index in [9.17, 15) is 4.11 Å². The molecule has 0 saturated heterocycles. The highest BCUT2D eigenvalue weighted by Crippen LogP contribution is 2.51. The van der Waals surface area contributed by atoms with Gasteiger partial charge in [0.15, 0.2) is 0 Å². The first-order chi connectivity index (χ1) is 29.6. The van der Waals surface area contributed by atoms with Crippen LogP contribution in [0.2, 0.25) is 0 Å². The molecule has 0 amide bonds. The summed E-state index contributed by atoms with van der Waals surface area (Å²) in [5.41, 5.74) is 4.48. The first-order valence-corrected chi connectivity index (χ1v) is 16.4. The smallest absolute Gasteiger partial charge is 0.145 e. The summed E-state index contributed by atoms with van der Waals surface area (Å²) < 4.78 is 108. The highest BCUT2D eigenvalue weighted by molar-refractivity contribution is 6.21. The van der Waals surface area contributed by atoms with Gasteiger partial charge in [0, 0.05) is 16.7 Å². The maximum absolute atomic E-state index is 9.86. The van der Waals surface area contributed by atoms with Crippen LogP contribution in [-0.2, 0) is 5.41 Å². The molecule has 0 atom stereocenters. The summed E-state index contributed by atoms with van der Waals surface area (Å²) in [4.78, 5) is 4.79. The molecule has 2 heteroatoms. The molecule has 0 N–H and O–H groups in total. The van der Waals surface area contributed by atoms with Crippen molar-refractivity contribution in [3.63, 3.8) is 0 Å². The van der Waals surface area contributed by atoms with E-state index < -0.39 is 29.6 Å². The molecule has 0 radical (unpaired) electrons. The van der Waals surface area contributed by atoms with Crippen molar-refractivity contribution in [1.82, 2.24) is 9.55 Å². The molecule has 2 nitrogen and oxygen atoms in total. The van der Waals surface area contributed by atoms with E-state index in [-0.39, 0.29) is 76.4 Å². The van der Waals surface area contributed by atoms with Gasteiger partial charge in [0.05, 0.1) is 27.5 Å². The van der Waals surface area contributed by atoms with Crippen LogP contribution >= 0.6 is 0 Å². The van der Waals surface area contributed by atoms with Crippen LogP contribution in [0.5, 0.6) is 0 Å². The van der Waals surface area contributed by atoms with Crippen molar-refractivity contribution in [2.75, 3.05) is 0 Å². The van der Waals surface area contributed by atoms with Crippen molar-refractivity contribution in [2.24, 2.45) is 0 Å². The van der Waals surface area contributed by atoms with Crippen LogP contribution in [0.15, 0.2) is 170 Å². The van der Waals surface area contributed by atoms with E-state index in [1.165, 1.54) is 0 Å². The molecule has 1 aliphatic carbocycles. The Morgan fingerprint density at radius 3 is 1.80 bits per heavy atom. The molecule has 10 rings (SSSR count). The number of para-hydroxylation sites is 2. The van der Waals surface area contributed by atoms with Crippen molar-refractivity contribution in [1.29, 1.82) is 0 Å². The Balaban J connectivity index is 1.20. The molecular weight excluding hydrogens is 605 g/mol. The topological polar surface area (TPSA) is 17.8 Å². The summed E-state index contributed by atoms with van der Waals surface area (Å²) in [6.07, 6.45) is 0. The summed E-state index contributed by atoms with van der Waals surface area (Å²) in [5, 5.41) is 3.14. The first-order valence-electron chi connectivity index (χ1n) is 22.4. The fraction of sp³-hybridized carbons (Fsp3) is 0.0625. The van der Waals surface area contributed by atoms with Gasteiger partial charge in [0.1, 0.15) is 5.82 Å². The number of hydrogen-bond acceptors (Lipinski definition) is 1. The Labute approximate surface area is 308 Å². The second-order valence-electron chi connectivity index (χ2n) is 13.0. The fourth-order valence-electron chi connectivity index (χ4n) is 7.58. The van der Waals surface area contributed by atoms with Gasteiger partial charge < -0.3 is 0 Å². The number of nitrogens with zero attached hydrogens (tertiary/aromatic N) is 2. The summed E-state index contributed by atoms with van der Waals surface area (Å²) >= 11 is 0. The standard InChI is InChI=1S/C48H34N2/c1-48(2)41-21-11-10-16-35(41)36-29-26-33(30-42(36)48)46-39-19-8-6-17-37(39)45(38-18-7-9-20-40(38)46)31-24-27-34(28-25-31)50-44-23-13-12-22-43(44)49-47(50)32-14-4-3-5-15-32/h3-30H,1-2H3/i3D,4D,5D,10D,11D,14D,15D,16D,21D,26D,29D,30D. The maximum Gasteiger partial charge on any atom is 0.145 e. The van der Waals surface area contributed by atoms with Gasteiger partial charge in [0.2, 0.25) is 0 Å². The zero-order valence-corrected chi connectivity index (χ0v) is 27.1. The van der Waals surface area contributed by atoms with Gasteiger partial charge in [-0.3, -0.25) is 4.57 Å². The monoisotopic (exact) mass is 650 g/mol. The lowest BCUT2D eigenvalue weighted by Gasteiger charge is -2.23. The number of imidazole rings is 1. The SMILES string of the molecule is [2H]c1c([2H])c([2H])c(-c2nc3ccccc3n2-c2ccc(-c3c4ccccc4c(-c4c([2H])c([2H])c5c(c4[2H])C(C)(C)c4c([2H])c([2H])c([2H])c([2H])c4-5)c4ccccc34)cc2)c([2H])c1[2H]. The Morgan fingerprint density at radius 2 is 1.10 bits per heavy atom. The zero-order valence-electron chi connectivity index (χ0n) is 39.1. The first kappa shape index (κ1) is 19.1. The van der Waals surface area contributed by atoms with Gasteiger partial charge in [-0.05, 0) is 96.4 Å². The second-order valence-corrected chi connectivity index (χ2v) is 13.0. The molecule has 50 heavy (non-hydrogen) atoms. The van der Waals surface area contributed by atoms with Gasteiger partial charge in [-0.2, -0.15) is 0 Å². The van der Waals surface area contributed by atoms with Gasteiger partial charge in [-0.1, -0.05) is 153 Å². The Kier molecular flexibility index (Phi) is 4.15. The molecule has 0 saturated carbocycles. The number of fused-ring (bicyclic) bond motifs is 6. The number of rotatable bonds is 4. The minimum Gasteiger partial charge on any atom is -0.292 e. The summed E-state index contributed by atoms with van der Waals surface area (Å²) in [5.74, 6) is 0.209. The van der Waals surface area contributed by atoms with E-state index in [0.717, 1.165) is 32.7 Å². The molecule has 8 aromatic carbocycles. The van der Waals surface area contributed by atoms with Crippen LogP contribution in [0.1, 0.15) is 41.4 Å². The van der Waals surface area contributed by atoms with E-state index in [0.29, 0.717) is 33.4 Å². The van der Waals surface area contributed by atoms with Crippen molar-refractivity contribution in [3.8, 4) is 50.5 Å². The molecule has 0 spiro atoms. The lowest BCUT2D eigenvalue weighted by molar-refractivity contribution is 0.660. The van der Waals surface area contributed by atoms with Crippen molar-refractivity contribution >= 4 is 32.6 Å². The molecule has 0 unspecified atom stereocenters. The van der Waals surface area contributed by atoms with E-state index in [1.54, 1.807) is 4.57 Å². The van der Waals surface area contributed by atoms with E-state index in [2.05, 4.69) is 0 Å².